The number of unbranched alkanes of at least 4 members (excludes halogenated alkanes) is 1. The van der Waals surface area contributed by atoms with Gasteiger partial charge in [0.25, 0.3) is 0 Å². The van der Waals surface area contributed by atoms with E-state index in [2.05, 4.69) is 27.6 Å². The van der Waals surface area contributed by atoms with Crippen LogP contribution in [0.15, 0.2) is 11.7 Å². The number of methoxy groups -OCH3 is 1. The molecule has 0 radical (unpaired) electrons. The summed E-state index contributed by atoms with van der Waals surface area (Å²) in [6.07, 6.45) is 3.72. The molecule has 0 fully saturated rings. The van der Waals surface area contributed by atoms with Crippen molar-refractivity contribution in [3.63, 3.8) is 0 Å². The van der Waals surface area contributed by atoms with Gasteiger partial charge in [-0.3, -0.25) is 0 Å². The monoisotopic (exact) mass is 295 g/mol. The van der Waals surface area contributed by atoms with Gasteiger partial charge in [-0.1, -0.05) is 0 Å². The van der Waals surface area contributed by atoms with Gasteiger partial charge in [-0.15, -0.1) is 11.3 Å². The molecule has 0 aliphatic heterocycles. The maximum absolute atomic E-state index is 5.42. The molecule has 0 saturated heterocycles. The Morgan fingerprint density at radius 3 is 2.95 bits per heavy atom. The third kappa shape index (κ3) is 4.13. The van der Waals surface area contributed by atoms with Gasteiger partial charge in [-0.2, -0.15) is 0 Å². The number of rotatable bonds is 9. The van der Waals surface area contributed by atoms with Crippen LogP contribution in [0, 0.1) is 6.92 Å². The number of thiophene rings is 1. The number of hydrogen-bond donors (Lipinski definition) is 1. The molecule has 2 rings (SSSR count). The van der Waals surface area contributed by atoms with Gasteiger partial charge in [-0.05, 0) is 30.7 Å². The van der Waals surface area contributed by atoms with E-state index < -0.39 is 0 Å². The molecule has 0 atom stereocenters. The average molecular weight is 295 g/mol. The molecule has 0 aliphatic rings. The fourth-order valence-electron chi connectivity index (χ4n) is 1.88. The summed E-state index contributed by atoms with van der Waals surface area (Å²) >= 11 is 1.69. The summed E-state index contributed by atoms with van der Waals surface area (Å²) in [6.45, 7) is 5.09. The van der Waals surface area contributed by atoms with Crippen LogP contribution in [0.25, 0.3) is 10.2 Å². The first-order valence-corrected chi connectivity index (χ1v) is 7.70. The van der Waals surface area contributed by atoms with Crippen LogP contribution < -0.4 is 5.32 Å². The van der Waals surface area contributed by atoms with E-state index in [0.717, 1.165) is 42.0 Å². The van der Waals surface area contributed by atoms with E-state index in [4.69, 9.17) is 9.47 Å². The molecule has 0 aliphatic carbocycles. The van der Waals surface area contributed by atoms with Crippen LogP contribution in [0.5, 0.6) is 0 Å². The fraction of sp³-hybridized carbons (Fsp3) is 0.571. The molecule has 0 bridgehead atoms. The first kappa shape index (κ1) is 15.2. The first-order chi connectivity index (χ1) is 9.83. The molecular formula is C14H21N3O2S. The molecule has 1 N–H and O–H groups in total. The van der Waals surface area contributed by atoms with Crippen LogP contribution in [-0.4, -0.2) is 43.4 Å². The van der Waals surface area contributed by atoms with Crippen LogP contribution in [0.4, 0.5) is 5.82 Å². The Morgan fingerprint density at radius 2 is 2.10 bits per heavy atom. The molecule has 2 aromatic heterocycles. The molecular weight excluding hydrogens is 274 g/mol. The predicted octanol–water partition coefficient (Wildman–Crippen LogP) is 2.85. The fourth-order valence-corrected chi connectivity index (χ4v) is 2.84. The summed E-state index contributed by atoms with van der Waals surface area (Å²) in [5, 5.41) is 5.50. The maximum atomic E-state index is 5.42. The normalized spacial score (nSPS) is 11.1. The lowest BCUT2D eigenvalue weighted by Crippen LogP contribution is -2.07. The number of aromatic nitrogens is 2. The van der Waals surface area contributed by atoms with Crippen molar-refractivity contribution in [1.82, 2.24) is 9.97 Å². The number of nitrogens with zero attached hydrogens (tertiary/aromatic N) is 2. The van der Waals surface area contributed by atoms with E-state index in [0.29, 0.717) is 13.2 Å². The molecule has 0 spiro atoms. The molecule has 5 nitrogen and oxygen atoms in total. The van der Waals surface area contributed by atoms with Gasteiger partial charge in [0.15, 0.2) is 0 Å². The molecule has 20 heavy (non-hydrogen) atoms. The second kappa shape index (κ2) is 8.14. The molecule has 0 amide bonds. The highest BCUT2D eigenvalue weighted by atomic mass is 32.1. The van der Waals surface area contributed by atoms with Crippen LogP contribution in [-0.2, 0) is 9.47 Å². The second-order valence-electron chi connectivity index (χ2n) is 4.56. The van der Waals surface area contributed by atoms with Crippen molar-refractivity contribution in [3.8, 4) is 0 Å². The highest BCUT2D eigenvalue weighted by Crippen LogP contribution is 2.28. The van der Waals surface area contributed by atoms with Crippen LogP contribution >= 0.6 is 11.3 Å². The topological polar surface area (TPSA) is 56.3 Å². The minimum atomic E-state index is 0.662. The van der Waals surface area contributed by atoms with Crippen LogP contribution in [0.2, 0.25) is 0 Å². The minimum Gasteiger partial charge on any atom is -0.382 e. The zero-order valence-electron chi connectivity index (χ0n) is 12.0. The van der Waals surface area contributed by atoms with E-state index in [1.165, 1.54) is 5.56 Å². The van der Waals surface area contributed by atoms with E-state index in [9.17, 15) is 0 Å². The number of anilines is 1. The van der Waals surface area contributed by atoms with Crippen LogP contribution in [0.3, 0.4) is 0 Å². The SMILES string of the molecule is COCCOCCCCNc1ncnc2c(C)csc12. The number of nitrogens with one attached hydrogen (secondary N) is 1. The quantitative estimate of drug-likeness (QED) is 0.721. The Kier molecular flexibility index (Phi) is 6.17. The summed E-state index contributed by atoms with van der Waals surface area (Å²) in [7, 11) is 1.68. The summed E-state index contributed by atoms with van der Waals surface area (Å²) in [5.74, 6) is 0.938. The van der Waals surface area contributed by atoms with Crippen molar-refractivity contribution in [1.29, 1.82) is 0 Å². The lowest BCUT2D eigenvalue weighted by molar-refractivity contribution is 0.0691. The Bertz CT molecular complexity index is 530. The van der Waals surface area contributed by atoms with E-state index in [-0.39, 0.29) is 0 Å². The van der Waals surface area contributed by atoms with Gasteiger partial charge in [0, 0.05) is 20.3 Å². The largest absolute Gasteiger partial charge is 0.382 e. The van der Waals surface area contributed by atoms with Crippen molar-refractivity contribution in [2.75, 3.05) is 38.8 Å². The smallest absolute Gasteiger partial charge is 0.147 e. The van der Waals surface area contributed by atoms with Gasteiger partial charge >= 0.3 is 0 Å². The van der Waals surface area contributed by atoms with Crippen molar-refractivity contribution in [2.45, 2.75) is 19.8 Å². The van der Waals surface area contributed by atoms with Gasteiger partial charge in [0.1, 0.15) is 12.1 Å². The summed E-state index contributed by atoms with van der Waals surface area (Å²) in [5.41, 5.74) is 2.26. The Morgan fingerprint density at radius 1 is 1.20 bits per heavy atom. The lowest BCUT2D eigenvalue weighted by atomic mass is 10.3. The van der Waals surface area contributed by atoms with E-state index in [1.807, 2.05) is 0 Å². The van der Waals surface area contributed by atoms with E-state index >= 15 is 0 Å². The highest BCUT2D eigenvalue weighted by Gasteiger charge is 2.07. The Hall–Kier alpha value is -1.24. The van der Waals surface area contributed by atoms with Crippen molar-refractivity contribution in [2.24, 2.45) is 0 Å². The zero-order valence-corrected chi connectivity index (χ0v) is 12.8. The Balaban J connectivity index is 1.71. The lowest BCUT2D eigenvalue weighted by Gasteiger charge is -2.06. The molecule has 2 aromatic rings. The van der Waals surface area contributed by atoms with Gasteiger partial charge in [-0.25, -0.2) is 9.97 Å². The second-order valence-corrected chi connectivity index (χ2v) is 5.44. The minimum absolute atomic E-state index is 0.662. The van der Waals surface area contributed by atoms with Crippen molar-refractivity contribution >= 4 is 27.4 Å². The average Bonchev–Trinajstić information content (AvgIpc) is 2.84. The summed E-state index contributed by atoms with van der Waals surface area (Å²) < 4.78 is 11.5. The van der Waals surface area contributed by atoms with E-state index in [1.54, 1.807) is 24.8 Å². The number of aryl methyl sites for hydroxylation is 1. The third-order valence-electron chi connectivity index (χ3n) is 2.97. The standard InChI is InChI=1S/C14H21N3O2S/c1-11-9-20-13-12(11)16-10-17-14(13)15-5-3-4-6-19-8-7-18-2/h9-10H,3-8H2,1-2H3,(H,15,16,17). The molecule has 0 aromatic carbocycles. The van der Waals surface area contributed by atoms with Crippen molar-refractivity contribution in [3.05, 3.63) is 17.3 Å². The molecule has 0 saturated carbocycles. The summed E-state index contributed by atoms with van der Waals surface area (Å²) in [6, 6.07) is 0. The predicted molar refractivity (Wildman–Crippen MR) is 82.6 cm³/mol. The zero-order chi connectivity index (χ0) is 14.2. The van der Waals surface area contributed by atoms with Gasteiger partial charge < -0.3 is 14.8 Å². The molecule has 6 heteroatoms. The van der Waals surface area contributed by atoms with Crippen molar-refractivity contribution < 1.29 is 9.47 Å². The van der Waals surface area contributed by atoms with Gasteiger partial charge in [0.05, 0.1) is 23.4 Å². The number of hydrogen-bond acceptors (Lipinski definition) is 6. The highest BCUT2D eigenvalue weighted by molar-refractivity contribution is 7.18. The molecule has 0 unspecified atom stereocenters. The first-order valence-electron chi connectivity index (χ1n) is 6.82. The summed E-state index contributed by atoms with van der Waals surface area (Å²) in [4.78, 5) is 8.63. The number of fused-ring (bicyclic) bond motifs is 1. The third-order valence-corrected chi connectivity index (χ3v) is 4.06. The molecule has 110 valence electrons. The molecule has 2 heterocycles. The maximum Gasteiger partial charge on any atom is 0.147 e. The Labute approximate surface area is 123 Å². The van der Waals surface area contributed by atoms with Crippen LogP contribution in [0.1, 0.15) is 18.4 Å². The number of ether oxygens (including phenoxy) is 2. The van der Waals surface area contributed by atoms with Gasteiger partial charge in [0.2, 0.25) is 0 Å².